The smallest absolute Gasteiger partial charge is 0.186 e. The summed E-state index contributed by atoms with van der Waals surface area (Å²) >= 11 is 0. The third kappa shape index (κ3) is 3.28. The van der Waals surface area contributed by atoms with Gasteiger partial charge in [0.05, 0.1) is 6.10 Å². The molecule has 0 bridgehead atoms. The number of carbonyl (C=O) groups excluding carboxylic acids is 1. The molecule has 0 fully saturated rings. The zero-order valence-electron chi connectivity index (χ0n) is 7.65. The molecule has 0 saturated heterocycles. The maximum absolute atomic E-state index is 11.1. The number of aliphatic hydroxyl groups is 2. The first kappa shape index (κ1) is 10.4. The van der Waals surface area contributed by atoms with Crippen molar-refractivity contribution in [2.45, 2.75) is 44.3 Å². The Morgan fingerprint density at radius 3 is 2.77 bits per heavy atom. The molecule has 13 heavy (non-hydrogen) atoms. The number of allylic oxidation sites excluding steroid dienone is 1. The van der Waals surface area contributed by atoms with Gasteiger partial charge >= 0.3 is 0 Å². The largest absolute Gasteiger partial charge is 0.390 e. The van der Waals surface area contributed by atoms with E-state index in [0.29, 0.717) is 6.42 Å². The molecule has 0 heterocycles. The molecule has 0 amide bonds. The average molecular weight is 184 g/mol. The highest BCUT2D eigenvalue weighted by atomic mass is 16.3. The number of ketones is 1. The Labute approximate surface area is 78.1 Å². The van der Waals surface area contributed by atoms with E-state index in [2.05, 4.69) is 0 Å². The normalized spacial score (nSPS) is 34.2. The van der Waals surface area contributed by atoms with Crippen LogP contribution in [0, 0.1) is 0 Å². The van der Waals surface area contributed by atoms with Gasteiger partial charge in [0.1, 0.15) is 6.10 Å². The van der Waals surface area contributed by atoms with E-state index in [4.69, 9.17) is 0 Å². The first-order valence-corrected chi connectivity index (χ1v) is 4.78. The summed E-state index contributed by atoms with van der Waals surface area (Å²) in [5.41, 5.74) is 0. The van der Waals surface area contributed by atoms with Gasteiger partial charge in [-0.2, -0.15) is 0 Å². The second-order valence-corrected chi connectivity index (χ2v) is 3.45. The van der Waals surface area contributed by atoms with Crippen molar-refractivity contribution in [3.05, 3.63) is 12.2 Å². The lowest BCUT2D eigenvalue weighted by Gasteiger charge is -2.15. The molecular weight excluding hydrogens is 168 g/mol. The van der Waals surface area contributed by atoms with Crippen LogP contribution in [0.4, 0.5) is 0 Å². The molecule has 0 radical (unpaired) electrons. The summed E-state index contributed by atoms with van der Waals surface area (Å²) in [5, 5.41) is 18.7. The Kier molecular flexibility index (Phi) is 4.12. The maximum atomic E-state index is 11.1. The Bertz CT molecular complexity index is 198. The minimum atomic E-state index is -1.23. The highest BCUT2D eigenvalue weighted by Crippen LogP contribution is 2.11. The van der Waals surface area contributed by atoms with Crippen LogP contribution >= 0.6 is 0 Å². The summed E-state index contributed by atoms with van der Waals surface area (Å²) in [6.07, 6.45) is 5.39. The molecule has 1 rings (SSSR count). The maximum Gasteiger partial charge on any atom is 0.186 e. The standard InChI is InChI=1S/C10H16O3/c11-8-6-4-2-1-3-5-7-9(12)10(8)13/h4,6,9-10,12-13H,1-3,5,7H2/b6-4+. The molecule has 0 aromatic heterocycles. The highest BCUT2D eigenvalue weighted by Gasteiger charge is 2.21. The van der Waals surface area contributed by atoms with E-state index in [1.54, 1.807) is 6.08 Å². The van der Waals surface area contributed by atoms with Gasteiger partial charge in [0, 0.05) is 0 Å². The van der Waals surface area contributed by atoms with Crippen LogP contribution in [0.2, 0.25) is 0 Å². The topological polar surface area (TPSA) is 57.5 Å². The van der Waals surface area contributed by atoms with E-state index < -0.39 is 12.2 Å². The lowest BCUT2D eigenvalue weighted by molar-refractivity contribution is -0.128. The molecule has 1 aliphatic rings. The van der Waals surface area contributed by atoms with Gasteiger partial charge in [-0.05, 0) is 25.3 Å². The second-order valence-electron chi connectivity index (χ2n) is 3.45. The van der Waals surface area contributed by atoms with Crippen molar-refractivity contribution in [2.75, 3.05) is 0 Å². The average Bonchev–Trinajstić information content (AvgIpc) is 2.13. The van der Waals surface area contributed by atoms with Crippen LogP contribution in [0.1, 0.15) is 32.1 Å². The second kappa shape index (κ2) is 5.14. The van der Waals surface area contributed by atoms with Gasteiger partial charge in [0.25, 0.3) is 0 Å². The van der Waals surface area contributed by atoms with Gasteiger partial charge < -0.3 is 10.2 Å². The van der Waals surface area contributed by atoms with Crippen molar-refractivity contribution < 1.29 is 15.0 Å². The molecule has 0 aliphatic heterocycles. The first-order chi connectivity index (χ1) is 6.22. The van der Waals surface area contributed by atoms with Crippen molar-refractivity contribution in [3.8, 4) is 0 Å². The van der Waals surface area contributed by atoms with Crippen molar-refractivity contribution in [1.29, 1.82) is 0 Å². The van der Waals surface area contributed by atoms with E-state index in [0.717, 1.165) is 25.7 Å². The van der Waals surface area contributed by atoms with Gasteiger partial charge in [-0.3, -0.25) is 4.79 Å². The molecule has 0 spiro atoms. The predicted octanol–water partition coefficient (Wildman–Crippen LogP) is 0.798. The molecule has 2 N–H and O–H groups in total. The summed E-state index contributed by atoms with van der Waals surface area (Å²) < 4.78 is 0. The van der Waals surface area contributed by atoms with Crippen LogP contribution < -0.4 is 0 Å². The Morgan fingerprint density at radius 1 is 1.23 bits per heavy atom. The fourth-order valence-electron chi connectivity index (χ4n) is 1.44. The minimum Gasteiger partial charge on any atom is -0.390 e. The fraction of sp³-hybridized carbons (Fsp3) is 0.700. The number of carbonyl (C=O) groups is 1. The monoisotopic (exact) mass is 184 g/mol. The lowest BCUT2D eigenvalue weighted by atomic mass is 10.00. The fourth-order valence-corrected chi connectivity index (χ4v) is 1.44. The molecule has 2 unspecified atom stereocenters. The molecule has 74 valence electrons. The molecule has 0 aromatic carbocycles. The molecule has 3 nitrogen and oxygen atoms in total. The third-order valence-electron chi connectivity index (χ3n) is 2.31. The van der Waals surface area contributed by atoms with Crippen molar-refractivity contribution in [2.24, 2.45) is 0 Å². The van der Waals surface area contributed by atoms with Gasteiger partial charge in [0.15, 0.2) is 5.78 Å². The number of aliphatic hydroxyl groups excluding tert-OH is 2. The zero-order valence-corrected chi connectivity index (χ0v) is 7.65. The van der Waals surface area contributed by atoms with E-state index in [1.807, 2.05) is 0 Å². The van der Waals surface area contributed by atoms with Crippen LogP contribution in [0.3, 0.4) is 0 Å². The Hall–Kier alpha value is -0.670. The van der Waals surface area contributed by atoms with Crippen molar-refractivity contribution in [1.82, 2.24) is 0 Å². The Balaban J connectivity index is 2.58. The van der Waals surface area contributed by atoms with Gasteiger partial charge in [-0.25, -0.2) is 0 Å². The summed E-state index contributed by atoms with van der Waals surface area (Å²) in [7, 11) is 0. The van der Waals surface area contributed by atoms with E-state index >= 15 is 0 Å². The zero-order chi connectivity index (χ0) is 9.68. The first-order valence-electron chi connectivity index (χ1n) is 4.78. The quantitative estimate of drug-likeness (QED) is 0.585. The van der Waals surface area contributed by atoms with E-state index in [-0.39, 0.29) is 5.78 Å². The summed E-state index contributed by atoms with van der Waals surface area (Å²) in [6.45, 7) is 0. The van der Waals surface area contributed by atoms with Crippen LogP contribution in [-0.2, 0) is 4.79 Å². The van der Waals surface area contributed by atoms with E-state index in [1.165, 1.54) is 6.08 Å². The minimum absolute atomic E-state index is 0.380. The van der Waals surface area contributed by atoms with Crippen LogP contribution in [0.5, 0.6) is 0 Å². The van der Waals surface area contributed by atoms with Gasteiger partial charge in [0.2, 0.25) is 0 Å². The highest BCUT2D eigenvalue weighted by molar-refractivity contribution is 5.93. The molecule has 2 atom stereocenters. The van der Waals surface area contributed by atoms with Crippen LogP contribution in [0.15, 0.2) is 12.2 Å². The summed E-state index contributed by atoms with van der Waals surface area (Å²) in [5.74, 6) is -0.380. The Morgan fingerprint density at radius 2 is 2.00 bits per heavy atom. The van der Waals surface area contributed by atoms with Gasteiger partial charge in [-0.15, -0.1) is 0 Å². The van der Waals surface area contributed by atoms with Crippen molar-refractivity contribution in [3.63, 3.8) is 0 Å². The van der Waals surface area contributed by atoms with Gasteiger partial charge in [-0.1, -0.05) is 18.9 Å². The summed E-state index contributed by atoms with van der Waals surface area (Å²) in [6, 6.07) is 0. The van der Waals surface area contributed by atoms with Crippen LogP contribution in [-0.4, -0.2) is 28.2 Å². The predicted molar refractivity (Wildman–Crippen MR) is 49.2 cm³/mol. The SMILES string of the molecule is O=C1/C=C/CCCCCC(O)C1O. The molecule has 0 aromatic rings. The number of hydrogen-bond acceptors (Lipinski definition) is 3. The molecular formula is C10H16O3. The molecule has 3 heteroatoms. The van der Waals surface area contributed by atoms with Crippen LogP contribution in [0.25, 0.3) is 0 Å². The lowest BCUT2D eigenvalue weighted by Crippen LogP contribution is -2.32. The summed E-state index contributed by atoms with van der Waals surface area (Å²) in [4.78, 5) is 11.1. The third-order valence-corrected chi connectivity index (χ3v) is 2.31. The number of rotatable bonds is 0. The molecule has 0 saturated carbocycles. The number of hydrogen-bond donors (Lipinski definition) is 2. The van der Waals surface area contributed by atoms with E-state index in [9.17, 15) is 15.0 Å². The van der Waals surface area contributed by atoms with Crippen molar-refractivity contribution >= 4 is 5.78 Å². The molecule has 1 aliphatic carbocycles.